The second kappa shape index (κ2) is 5.93. The number of phenolic OH excluding ortho intramolecular Hbond substituents is 1. The number of phenols is 1. The minimum absolute atomic E-state index is 0.178. The van der Waals surface area contributed by atoms with Gasteiger partial charge in [0.05, 0.1) is 0 Å². The van der Waals surface area contributed by atoms with Crippen molar-refractivity contribution in [3.63, 3.8) is 0 Å². The van der Waals surface area contributed by atoms with E-state index in [0.717, 1.165) is 18.4 Å². The molecule has 1 aromatic carbocycles. The van der Waals surface area contributed by atoms with Gasteiger partial charge in [-0.15, -0.1) is 0 Å². The molecule has 104 valence electrons. The van der Waals surface area contributed by atoms with Crippen LogP contribution in [0, 0.1) is 0 Å². The number of nitrogens with two attached hydrogens (primary N) is 1. The number of urea groups is 1. The van der Waals surface area contributed by atoms with Crippen molar-refractivity contribution >= 4 is 6.03 Å². The topological polar surface area (TPSA) is 78.6 Å². The number of carbonyl (C=O) groups is 1. The molecule has 19 heavy (non-hydrogen) atoms. The molecule has 1 atom stereocenters. The van der Waals surface area contributed by atoms with Crippen LogP contribution < -0.4 is 11.1 Å². The summed E-state index contributed by atoms with van der Waals surface area (Å²) in [5.41, 5.74) is 6.33. The van der Waals surface area contributed by atoms with Gasteiger partial charge in [-0.25, -0.2) is 4.79 Å². The fourth-order valence-electron chi connectivity index (χ4n) is 2.51. The molecule has 1 heterocycles. The van der Waals surface area contributed by atoms with Crippen LogP contribution in [0.15, 0.2) is 24.3 Å². The summed E-state index contributed by atoms with van der Waals surface area (Å²) in [4.78, 5) is 12.7. The van der Waals surface area contributed by atoms with Crippen molar-refractivity contribution in [2.45, 2.75) is 31.8 Å². The smallest absolute Gasteiger partial charge is 0.314 e. The Balaban J connectivity index is 1.87. The third-order valence-corrected chi connectivity index (χ3v) is 3.66. The van der Waals surface area contributed by atoms with Crippen LogP contribution in [0.25, 0.3) is 0 Å². The number of piperidine rings is 1. The largest absolute Gasteiger partial charge is 0.508 e. The molecule has 1 aliphatic rings. The molecule has 0 saturated carbocycles. The second-order valence-electron chi connectivity index (χ2n) is 5.08. The van der Waals surface area contributed by atoms with Crippen molar-refractivity contribution in [2.75, 3.05) is 13.1 Å². The van der Waals surface area contributed by atoms with Crippen molar-refractivity contribution < 1.29 is 9.90 Å². The minimum Gasteiger partial charge on any atom is -0.508 e. The zero-order chi connectivity index (χ0) is 13.8. The Labute approximate surface area is 113 Å². The second-order valence-corrected chi connectivity index (χ2v) is 5.08. The molecule has 5 heteroatoms. The van der Waals surface area contributed by atoms with E-state index in [4.69, 9.17) is 5.73 Å². The van der Waals surface area contributed by atoms with Crippen LogP contribution in [0.5, 0.6) is 5.75 Å². The monoisotopic (exact) mass is 263 g/mol. The third kappa shape index (κ3) is 3.61. The first-order valence-corrected chi connectivity index (χ1v) is 6.65. The molecule has 0 aliphatic carbocycles. The molecule has 1 fully saturated rings. The number of nitrogens with one attached hydrogen (secondary N) is 1. The predicted molar refractivity (Wildman–Crippen MR) is 73.8 cm³/mol. The number of hydrogen-bond acceptors (Lipinski definition) is 3. The Bertz CT molecular complexity index is 442. The van der Waals surface area contributed by atoms with Crippen molar-refractivity contribution in [3.8, 4) is 5.75 Å². The predicted octanol–water partition coefficient (Wildman–Crippen LogP) is 1.59. The molecular weight excluding hydrogens is 242 g/mol. The maximum atomic E-state index is 11.0. The quantitative estimate of drug-likeness (QED) is 0.774. The molecular formula is C14H21N3O2. The highest BCUT2D eigenvalue weighted by Crippen LogP contribution is 2.20. The first-order chi connectivity index (χ1) is 9.06. The summed E-state index contributed by atoms with van der Waals surface area (Å²) >= 11 is 0. The molecule has 2 rings (SSSR count). The Hall–Kier alpha value is -1.75. The van der Waals surface area contributed by atoms with Crippen LogP contribution in [0.1, 0.15) is 31.4 Å². The van der Waals surface area contributed by atoms with E-state index in [0.29, 0.717) is 19.1 Å². The van der Waals surface area contributed by atoms with Gasteiger partial charge in [0.1, 0.15) is 5.75 Å². The van der Waals surface area contributed by atoms with E-state index in [1.165, 1.54) is 0 Å². The summed E-state index contributed by atoms with van der Waals surface area (Å²) in [6.07, 6.45) is 1.82. The number of likely N-dealkylation sites (tertiary alicyclic amines) is 1. The highest BCUT2D eigenvalue weighted by atomic mass is 16.3. The molecule has 0 radical (unpaired) electrons. The highest BCUT2D eigenvalue weighted by Gasteiger charge is 2.22. The van der Waals surface area contributed by atoms with E-state index in [-0.39, 0.29) is 17.8 Å². The van der Waals surface area contributed by atoms with E-state index in [2.05, 4.69) is 12.2 Å². The minimum atomic E-state index is -0.334. The summed E-state index contributed by atoms with van der Waals surface area (Å²) in [5, 5.41) is 13.0. The van der Waals surface area contributed by atoms with Crippen LogP contribution in [-0.4, -0.2) is 35.2 Å². The van der Waals surface area contributed by atoms with Crippen molar-refractivity contribution in [1.82, 2.24) is 10.2 Å². The number of amides is 2. The van der Waals surface area contributed by atoms with Gasteiger partial charge in [-0.2, -0.15) is 0 Å². The normalized spacial score (nSPS) is 18.3. The number of primary amides is 1. The molecule has 4 N–H and O–H groups in total. The van der Waals surface area contributed by atoms with E-state index in [9.17, 15) is 9.90 Å². The first kappa shape index (κ1) is 13.7. The zero-order valence-electron chi connectivity index (χ0n) is 11.2. The van der Waals surface area contributed by atoms with Crippen molar-refractivity contribution in [1.29, 1.82) is 0 Å². The van der Waals surface area contributed by atoms with Gasteiger partial charge in [-0.05, 0) is 37.5 Å². The van der Waals surface area contributed by atoms with Gasteiger partial charge in [0.15, 0.2) is 0 Å². The van der Waals surface area contributed by atoms with Gasteiger partial charge in [0.25, 0.3) is 0 Å². The summed E-state index contributed by atoms with van der Waals surface area (Å²) in [7, 11) is 0. The van der Waals surface area contributed by atoms with Gasteiger partial charge >= 0.3 is 6.03 Å². The van der Waals surface area contributed by atoms with Crippen LogP contribution in [-0.2, 0) is 0 Å². The summed E-state index contributed by atoms with van der Waals surface area (Å²) in [6.45, 7) is 3.49. The van der Waals surface area contributed by atoms with Gasteiger partial charge in [0, 0.05) is 25.2 Å². The van der Waals surface area contributed by atoms with Crippen molar-refractivity contribution in [2.24, 2.45) is 5.73 Å². The maximum absolute atomic E-state index is 11.0. The third-order valence-electron chi connectivity index (χ3n) is 3.66. The van der Waals surface area contributed by atoms with Crippen LogP contribution in [0.3, 0.4) is 0 Å². The molecule has 0 bridgehead atoms. The van der Waals surface area contributed by atoms with Crippen molar-refractivity contribution in [3.05, 3.63) is 29.8 Å². The number of carbonyl (C=O) groups excluding carboxylic acids is 1. The molecule has 1 unspecified atom stereocenters. The van der Waals surface area contributed by atoms with Gasteiger partial charge < -0.3 is 21.1 Å². The lowest BCUT2D eigenvalue weighted by Gasteiger charge is -2.33. The van der Waals surface area contributed by atoms with Gasteiger partial charge in [-0.3, -0.25) is 0 Å². The Morgan fingerprint density at radius 1 is 1.47 bits per heavy atom. The Morgan fingerprint density at radius 3 is 2.74 bits per heavy atom. The number of aromatic hydroxyl groups is 1. The fraction of sp³-hybridized carbons (Fsp3) is 0.500. The Kier molecular flexibility index (Phi) is 4.27. The standard InChI is InChI=1S/C14H21N3O2/c1-10(11-3-2-4-13(18)9-11)16-12-5-7-17(8-6-12)14(15)19/h2-4,9-10,12,16,18H,5-8H2,1H3,(H2,15,19). The fourth-order valence-corrected chi connectivity index (χ4v) is 2.51. The average molecular weight is 263 g/mol. The molecule has 1 aliphatic heterocycles. The summed E-state index contributed by atoms with van der Waals surface area (Å²) < 4.78 is 0. The van der Waals surface area contributed by atoms with E-state index >= 15 is 0 Å². The molecule has 1 saturated heterocycles. The number of nitrogens with zero attached hydrogens (tertiary/aromatic N) is 1. The highest BCUT2D eigenvalue weighted by molar-refractivity contribution is 5.72. The lowest BCUT2D eigenvalue weighted by atomic mass is 10.0. The van der Waals surface area contributed by atoms with E-state index in [1.807, 2.05) is 12.1 Å². The molecule has 5 nitrogen and oxygen atoms in total. The average Bonchev–Trinajstić information content (AvgIpc) is 2.39. The van der Waals surface area contributed by atoms with Crippen LogP contribution >= 0.6 is 0 Å². The van der Waals surface area contributed by atoms with Crippen LogP contribution in [0.4, 0.5) is 4.79 Å². The summed E-state index contributed by atoms with van der Waals surface area (Å²) in [5.74, 6) is 0.287. The lowest BCUT2D eigenvalue weighted by Crippen LogP contribution is -2.47. The Morgan fingerprint density at radius 2 is 2.16 bits per heavy atom. The number of rotatable bonds is 3. The maximum Gasteiger partial charge on any atom is 0.314 e. The first-order valence-electron chi connectivity index (χ1n) is 6.65. The molecule has 0 spiro atoms. The van der Waals surface area contributed by atoms with Gasteiger partial charge in [-0.1, -0.05) is 12.1 Å². The number of hydrogen-bond donors (Lipinski definition) is 3. The van der Waals surface area contributed by atoms with E-state index in [1.54, 1.807) is 17.0 Å². The summed E-state index contributed by atoms with van der Waals surface area (Å²) in [6, 6.07) is 7.51. The van der Waals surface area contributed by atoms with Crippen LogP contribution in [0.2, 0.25) is 0 Å². The molecule has 2 amide bonds. The van der Waals surface area contributed by atoms with E-state index < -0.39 is 0 Å². The zero-order valence-corrected chi connectivity index (χ0v) is 11.2. The number of benzene rings is 1. The lowest BCUT2D eigenvalue weighted by molar-refractivity contribution is 0.183. The molecule has 0 aromatic heterocycles. The SMILES string of the molecule is CC(NC1CCN(C(N)=O)CC1)c1cccc(O)c1. The molecule has 1 aromatic rings. The van der Waals surface area contributed by atoms with Gasteiger partial charge in [0.2, 0.25) is 0 Å².